The fourth-order valence-corrected chi connectivity index (χ4v) is 1.42. The van der Waals surface area contributed by atoms with Crippen molar-refractivity contribution in [2.45, 2.75) is 50.3 Å². The number of unbranched alkanes of at least 4 members (excludes halogenated alkanes) is 2. The summed E-state index contributed by atoms with van der Waals surface area (Å²) in [6.07, 6.45) is 4.39. The quantitative estimate of drug-likeness (QED) is 0.537. The molecule has 84 valence electrons. The largest absolute Gasteiger partial charge is 0.353 e. The molecule has 0 atom stereocenters. The highest BCUT2D eigenvalue weighted by Crippen LogP contribution is 2.27. The van der Waals surface area contributed by atoms with Crippen LogP contribution in [0.15, 0.2) is 0 Å². The lowest BCUT2D eigenvalue weighted by Gasteiger charge is -2.18. The van der Waals surface area contributed by atoms with Crippen molar-refractivity contribution in [2.24, 2.45) is 0 Å². The molecular formula is C10H19Cl2NO. The molecule has 0 aliphatic rings. The van der Waals surface area contributed by atoms with Gasteiger partial charge in [-0.2, -0.15) is 0 Å². The summed E-state index contributed by atoms with van der Waals surface area (Å²) in [4.78, 5) is 11.5. The molecule has 14 heavy (non-hydrogen) atoms. The van der Waals surface area contributed by atoms with E-state index in [0.717, 1.165) is 25.7 Å². The second-order valence-electron chi connectivity index (χ2n) is 3.42. The summed E-state index contributed by atoms with van der Waals surface area (Å²) in [6, 6.07) is 0. The fourth-order valence-electron chi connectivity index (χ4n) is 1.02. The van der Waals surface area contributed by atoms with Gasteiger partial charge in [-0.05, 0) is 12.8 Å². The van der Waals surface area contributed by atoms with E-state index < -0.39 is 4.33 Å². The topological polar surface area (TPSA) is 29.1 Å². The molecule has 2 nitrogen and oxygen atoms in total. The van der Waals surface area contributed by atoms with Crippen LogP contribution in [0, 0.1) is 0 Å². The maximum Gasteiger partial charge on any atom is 0.256 e. The third kappa shape index (κ3) is 5.71. The predicted molar refractivity (Wildman–Crippen MR) is 61.9 cm³/mol. The van der Waals surface area contributed by atoms with Gasteiger partial charge in [0.25, 0.3) is 5.91 Å². The van der Waals surface area contributed by atoms with Gasteiger partial charge in [0.1, 0.15) is 0 Å². The van der Waals surface area contributed by atoms with Gasteiger partial charge in [-0.15, -0.1) is 0 Å². The monoisotopic (exact) mass is 239 g/mol. The molecule has 0 saturated carbocycles. The minimum atomic E-state index is -1.25. The Balaban J connectivity index is 3.82. The van der Waals surface area contributed by atoms with Gasteiger partial charge in [0.2, 0.25) is 0 Å². The summed E-state index contributed by atoms with van der Waals surface area (Å²) >= 11 is 11.8. The smallest absolute Gasteiger partial charge is 0.256 e. The van der Waals surface area contributed by atoms with E-state index in [1.807, 2.05) is 6.92 Å². The second kappa shape index (κ2) is 7.36. The Hall–Kier alpha value is 0.0500. The molecule has 0 aromatic heterocycles. The number of rotatable bonds is 7. The molecule has 0 rings (SSSR count). The summed E-state index contributed by atoms with van der Waals surface area (Å²) in [7, 11) is 0. The zero-order valence-electron chi connectivity index (χ0n) is 8.91. The van der Waals surface area contributed by atoms with Crippen molar-refractivity contribution in [3.63, 3.8) is 0 Å². The molecule has 4 heteroatoms. The van der Waals surface area contributed by atoms with E-state index in [4.69, 9.17) is 23.2 Å². The maximum atomic E-state index is 11.5. The van der Waals surface area contributed by atoms with Crippen molar-refractivity contribution in [3.8, 4) is 0 Å². The highest BCUT2D eigenvalue weighted by atomic mass is 35.5. The molecular weight excluding hydrogens is 221 g/mol. The van der Waals surface area contributed by atoms with Crippen LogP contribution in [0.4, 0.5) is 0 Å². The average molecular weight is 240 g/mol. The van der Waals surface area contributed by atoms with E-state index in [-0.39, 0.29) is 5.91 Å². The molecule has 0 aliphatic heterocycles. The predicted octanol–water partition coefficient (Wildman–Crippen LogP) is 3.27. The van der Waals surface area contributed by atoms with Crippen molar-refractivity contribution in [1.29, 1.82) is 0 Å². The lowest BCUT2D eigenvalue weighted by atomic mass is 10.2. The van der Waals surface area contributed by atoms with Gasteiger partial charge >= 0.3 is 0 Å². The number of hydrogen-bond donors (Lipinski definition) is 1. The fraction of sp³-hybridized carbons (Fsp3) is 0.900. The molecule has 0 heterocycles. The number of halogens is 2. The maximum absolute atomic E-state index is 11.5. The van der Waals surface area contributed by atoms with Gasteiger partial charge < -0.3 is 5.32 Å². The van der Waals surface area contributed by atoms with E-state index in [2.05, 4.69) is 12.2 Å². The third-order valence-electron chi connectivity index (χ3n) is 1.99. The van der Waals surface area contributed by atoms with E-state index in [9.17, 15) is 4.79 Å². The van der Waals surface area contributed by atoms with Gasteiger partial charge in [0.05, 0.1) is 0 Å². The highest BCUT2D eigenvalue weighted by molar-refractivity contribution is 6.58. The Morgan fingerprint density at radius 2 is 1.79 bits per heavy atom. The number of carbonyl (C=O) groups excluding carboxylic acids is 1. The molecule has 1 N–H and O–H groups in total. The molecule has 0 fully saturated rings. The van der Waals surface area contributed by atoms with Crippen molar-refractivity contribution < 1.29 is 4.79 Å². The van der Waals surface area contributed by atoms with Crippen LogP contribution < -0.4 is 5.32 Å². The molecule has 0 aromatic carbocycles. The Kier molecular flexibility index (Phi) is 7.38. The van der Waals surface area contributed by atoms with E-state index in [1.54, 1.807) is 0 Å². The molecule has 0 saturated heterocycles. The Labute approximate surface area is 96.3 Å². The van der Waals surface area contributed by atoms with Crippen molar-refractivity contribution >= 4 is 29.1 Å². The first-order valence-electron chi connectivity index (χ1n) is 5.20. The van der Waals surface area contributed by atoms with Crippen LogP contribution in [0.2, 0.25) is 0 Å². The minimum absolute atomic E-state index is 0.261. The summed E-state index contributed by atoms with van der Waals surface area (Å²) in [5, 5.41) is 2.73. The van der Waals surface area contributed by atoms with Gasteiger partial charge in [0, 0.05) is 6.54 Å². The first kappa shape index (κ1) is 14.1. The molecule has 0 aliphatic carbocycles. The lowest BCUT2D eigenvalue weighted by molar-refractivity contribution is -0.121. The van der Waals surface area contributed by atoms with Crippen LogP contribution in [-0.4, -0.2) is 16.8 Å². The van der Waals surface area contributed by atoms with Crippen LogP contribution >= 0.6 is 23.2 Å². The van der Waals surface area contributed by atoms with Crippen LogP contribution in [0.3, 0.4) is 0 Å². The van der Waals surface area contributed by atoms with Crippen LogP contribution in [0.1, 0.15) is 46.0 Å². The molecule has 1 amide bonds. The normalized spacial score (nSPS) is 11.4. The Morgan fingerprint density at radius 3 is 2.29 bits per heavy atom. The van der Waals surface area contributed by atoms with E-state index in [0.29, 0.717) is 13.0 Å². The SMILES string of the molecule is CCCCNC(=O)C(Cl)(Cl)CCCC. The zero-order valence-corrected chi connectivity index (χ0v) is 10.4. The zero-order chi connectivity index (χ0) is 11.0. The second-order valence-corrected chi connectivity index (χ2v) is 4.90. The number of amides is 1. The van der Waals surface area contributed by atoms with Gasteiger partial charge in [-0.1, -0.05) is 56.3 Å². The number of carbonyl (C=O) groups is 1. The summed E-state index contributed by atoms with van der Waals surface area (Å²) < 4.78 is -1.25. The first-order chi connectivity index (χ1) is 6.54. The number of alkyl halides is 2. The van der Waals surface area contributed by atoms with Crippen molar-refractivity contribution in [3.05, 3.63) is 0 Å². The summed E-state index contributed by atoms with van der Waals surface area (Å²) in [6.45, 7) is 4.76. The first-order valence-corrected chi connectivity index (χ1v) is 5.96. The lowest BCUT2D eigenvalue weighted by Crippen LogP contribution is -2.38. The van der Waals surface area contributed by atoms with E-state index >= 15 is 0 Å². The third-order valence-corrected chi connectivity index (χ3v) is 2.71. The van der Waals surface area contributed by atoms with Gasteiger partial charge in [0.15, 0.2) is 4.33 Å². The number of hydrogen-bond acceptors (Lipinski definition) is 1. The summed E-state index contributed by atoms with van der Waals surface area (Å²) in [5.74, 6) is -0.261. The summed E-state index contributed by atoms with van der Waals surface area (Å²) in [5.41, 5.74) is 0. The van der Waals surface area contributed by atoms with Crippen molar-refractivity contribution in [1.82, 2.24) is 5.32 Å². The molecule has 0 bridgehead atoms. The minimum Gasteiger partial charge on any atom is -0.353 e. The molecule has 0 unspecified atom stereocenters. The van der Waals surface area contributed by atoms with E-state index in [1.165, 1.54) is 0 Å². The molecule has 0 aromatic rings. The Bertz CT molecular complexity index is 172. The van der Waals surface area contributed by atoms with Gasteiger partial charge in [-0.25, -0.2) is 0 Å². The molecule has 0 radical (unpaired) electrons. The van der Waals surface area contributed by atoms with Crippen molar-refractivity contribution in [2.75, 3.05) is 6.54 Å². The van der Waals surface area contributed by atoms with Crippen LogP contribution in [0.5, 0.6) is 0 Å². The standard InChI is InChI=1S/C10H19Cl2NO/c1-3-5-7-10(11,12)9(14)13-8-6-4-2/h3-8H2,1-2H3,(H,13,14). The highest BCUT2D eigenvalue weighted by Gasteiger charge is 2.32. The number of nitrogens with one attached hydrogen (secondary N) is 1. The molecule has 0 spiro atoms. The van der Waals surface area contributed by atoms with Gasteiger partial charge in [-0.3, -0.25) is 4.79 Å². The van der Waals surface area contributed by atoms with Crippen LogP contribution in [0.25, 0.3) is 0 Å². The Morgan fingerprint density at radius 1 is 1.21 bits per heavy atom. The average Bonchev–Trinajstić information content (AvgIpc) is 2.15. The van der Waals surface area contributed by atoms with Crippen LogP contribution in [-0.2, 0) is 4.79 Å².